The van der Waals surface area contributed by atoms with E-state index >= 15 is 0 Å². The molecule has 0 saturated carbocycles. The van der Waals surface area contributed by atoms with Gasteiger partial charge in [0.15, 0.2) is 0 Å². The highest BCUT2D eigenvalue weighted by Crippen LogP contribution is 2.36. The van der Waals surface area contributed by atoms with Crippen molar-refractivity contribution in [3.8, 4) is 0 Å². The predicted octanol–water partition coefficient (Wildman–Crippen LogP) is 12.7. The van der Waals surface area contributed by atoms with Crippen LogP contribution in [0.3, 0.4) is 0 Å². The second kappa shape index (κ2) is 28.0. The molecule has 2 saturated heterocycles. The van der Waals surface area contributed by atoms with E-state index in [0.29, 0.717) is 87.7 Å². The van der Waals surface area contributed by atoms with E-state index < -0.39 is 12.2 Å². The molecule has 14 nitrogen and oxygen atoms in total. The van der Waals surface area contributed by atoms with E-state index in [0.717, 1.165) is 48.4 Å². The molecule has 0 spiro atoms. The molecule has 2 aliphatic heterocycles. The molecular weight excluding hydrogens is 1050 g/mol. The maximum absolute atomic E-state index is 12.8. The summed E-state index contributed by atoms with van der Waals surface area (Å²) in [5.41, 5.74) is 7.92. The first-order valence-corrected chi connectivity index (χ1v) is 26.9. The Hall–Kier alpha value is -6.52. The van der Waals surface area contributed by atoms with Crippen LogP contribution in [0, 0.1) is 0 Å². The summed E-state index contributed by atoms with van der Waals surface area (Å²) in [6.07, 6.45) is 2.90. The summed E-state index contributed by atoms with van der Waals surface area (Å²) < 4.78 is 0. The predicted molar refractivity (Wildman–Crippen MR) is 309 cm³/mol. The Balaban J connectivity index is 0.000000221. The number of urea groups is 2. The summed E-state index contributed by atoms with van der Waals surface area (Å²) in [6, 6.07) is 41.7. The SMILES string of the molecule is CC(O)c1cc(Cl)c(NC(=O)N2CCN(c3ccc(NC(=O)CCCc4ccccc4)cc3)CC2)c(Cl)c1.CC(O)c1cc(Cl)c(NC(=O)N2CCN(c3ccc(NC(=O)CCCc4ccccc4)cc3)CC2)c(Cl)c1. The van der Waals surface area contributed by atoms with Gasteiger partial charge in [0.2, 0.25) is 11.8 Å². The topological polar surface area (TPSA) is 170 Å². The Morgan fingerprint density at radius 3 is 1.08 bits per heavy atom. The number of aliphatic hydroxyl groups excluding tert-OH is 2. The van der Waals surface area contributed by atoms with Crippen LogP contribution in [-0.2, 0) is 22.4 Å². The molecule has 2 unspecified atom stereocenters. The van der Waals surface area contributed by atoms with Crippen molar-refractivity contribution in [2.45, 2.75) is 64.6 Å². The zero-order valence-corrected chi connectivity index (χ0v) is 45.6. The van der Waals surface area contributed by atoms with Gasteiger partial charge in [-0.1, -0.05) is 107 Å². The Morgan fingerprint density at radius 2 is 0.776 bits per heavy atom. The van der Waals surface area contributed by atoms with Crippen LogP contribution in [0.2, 0.25) is 20.1 Å². The van der Waals surface area contributed by atoms with E-state index in [2.05, 4.69) is 55.3 Å². The van der Waals surface area contributed by atoms with E-state index in [1.165, 1.54) is 11.1 Å². The van der Waals surface area contributed by atoms with E-state index in [-0.39, 0.29) is 44.0 Å². The van der Waals surface area contributed by atoms with Crippen LogP contribution in [0.5, 0.6) is 0 Å². The molecule has 2 aliphatic rings. The fraction of sp³-hybridized carbons (Fsp3) is 0.310. The first kappa shape index (κ1) is 57.2. The van der Waals surface area contributed by atoms with E-state index in [9.17, 15) is 29.4 Å². The number of halogens is 4. The van der Waals surface area contributed by atoms with Crippen molar-refractivity contribution in [3.63, 3.8) is 0 Å². The summed E-state index contributed by atoms with van der Waals surface area (Å²) in [5, 5.41) is 32.2. The number of aliphatic hydroxyl groups is 2. The summed E-state index contributed by atoms with van der Waals surface area (Å²) in [5.74, 6) is 0.0167. The number of amides is 6. The molecule has 6 amide bonds. The minimum absolute atomic E-state index is 0.00836. The van der Waals surface area contributed by atoms with E-state index in [1.54, 1.807) is 47.9 Å². The zero-order chi connectivity index (χ0) is 54.1. The number of anilines is 6. The zero-order valence-electron chi connectivity index (χ0n) is 42.6. The molecule has 18 heteroatoms. The molecule has 0 aliphatic carbocycles. The van der Waals surface area contributed by atoms with Gasteiger partial charge in [-0.25, -0.2) is 9.59 Å². The van der Waals surface area contributed by atoms with Crippen LogP contribution < -0.4 is 31.1 Å². The number of hydrogen-bond acceptors (Lipinski definition) is 8. The Kier molecular flexibility index (Phi) is 21.1. The normalized spacial score (nSPS) is 14.2. The molecule has 6 aromatic rings. The third-order valence-electron chi connectivity index (χ3n) is 13.1. The Labute approximate surface area is 464 Å². The molecule has 2 atom stereocenters. The van der Waals surface area contributed by atoms with Crippen molar-refractivity contribution in [2.24, 2.45) is 0 Å². The number of rotatable bonds is 16. The largest absolute Gasteiger partial charge is 0.389 e. The Morgan fingerprint density at radius 1 is 0.461 bits per heavy atom. The number of piperazine rings is 2. The fourth-order valence-corrected chi connectivity index (χ4v) is 9.96. The van der Waals surface area contributed by atoms with Crippen molar-refractivity contribution in [1.82, 2.24) is 9.80 Å². The van der Waals surface area contributed by atoms with Gasteiger partial charge in [0.25, 0.3) is 0 Å². The highest BCUT2D eigenvalue weighted by atomic mass is 35.5. The van der Waals surface area contributed by atoms with E-state index in [4.69, 9.17) is 46.4 Å². The molecule has 6 N–H and O–H groups in total. The van der Waals surface area contributed by atoms with Crippen molar-refractivity contribution in [1.29, 1.82) is 0 Å². The van der Waals surface area contributed by atoms with Gasteiger partial charge in [-0.3, -0.25) is 9.59 Å². The molecule has 400 valence electrons. The minimum Gasteiger partial charge on any atom is -0.389 e. The van der Waals surface area contributed by atoms with Gasteiger partial charge in [0.1, 0.15) is 0 Å². The maximum atomic E-state index is 12.8. The lowest BCUT2D eigenvalue weighted by Crippen LogP contribution is -2.50. The number of hydrogen-bond donors (Lipinski definition) is 6. The van der Waals surface area contributed by atoms with Gasteiger partial charge in [0, 0.05) is 87.9 Å². The molecule has 0 radical (unpaired) electrons. The molecule has 2 fully saturated rings. The third-order valence-corrected chi connectivity index (χ3v) is 14.3. The smallest absolute Gasteiger partial charge is 0.322 e. The number of nitrogens with zero attached hydrogens (tertiary/aromatic N) is 4. The molecule has 8 rings (SSSR count). The monoisotopic (exact) mass is 1110 g/mol. The van der Waals surface area contributed by atoms with Crippen LogP contribution in [0.25, 0.3) is 0 Å². The maximum Gasteiger partial charge on any atom is 0.322 e. The van der Waals surface area contributed by atoms with Crippen LogP contribution in [-0.4, -0.2) is 96.2 Å². The summed E-state index contributed by atoms with van der Waals surface area (Å²) in [7, 11) is 0. The van der Waals surface area contributed by atoms with E-state index in [1.807, 2.05) is 84.9 Å². The average Bonchev–Trinajstić information content (AvgIpc) is 3.42. The van der Waals surface area contributed by atoms with Crippen molar-refractivity contribution < 1.29 is 29.4 Å². The van der Waals surface area contributed by atoms with Crippen LogP contribution >= 0.6 is 46.4 Å². The quantitative estimate of drug-likeness (QED) is 0.0556. The van der Waals surface area contributed by atoms with Crippen molar-refractivity contribution in [2.75, 3.05) is 83.4 Å². The van der Waals surface area contributed by atoms with Gasteiger partial charge >= 0.3 is 12.1 Å². The number of carbonyl (C=O) groups excluding carboxylic acids is 4. The molecule has 2 heterocycles. The summed E-state index contributed by atoms with van der Waals surface area (Å²) in [4.78, 5) is 58.1. The van der Waals surface area contributed by atoms with Crippen LogP contribution in [0.4, 0.5) is 43.7 Å². The lowest BCUT2D eigenvalue weighted by atomic mass is 10.1. The lowest BCUT2D eigenvalue weighted by Gasteiger charge is -2.36. The minimum atomic E-state index is -0.710. The van der Waals surface area contributed by atoms with Crippen molar-refractivity contribution in [3.05, 3.63) is 176 Å². The highest BCUT2D eigenvalue weighted by molar-refractivity contribution is 6.40. The van der Waals surface area contributed by atoms with Gasteiger partial charge in [-0.2, -0.15) is 0 Å². The highest BCUT2D eigenvalue weighted by Gasteiger charge is 2.25. The average molecular weight is 1110 g/mol. The summed E-state index contributed by atoms with van der Waals surface area (Å²) in [6.45, 7) is 8.05. The number of benzene rings is 6. The summed E-state index contributed by atoms with van der Waals surface area (Å²) >= 11 is 25.2. The molecule has 0 bridgehead atoms. The molecule has 0 aromatic heterocycles. The van der Waals surface area contributed by atoms with Gasteiger partial charge in [-0.05, 0) is 135 Å². The second-order valence-corrected chi connectivity index (χ2v) is 20.4. The number of nitrogens with one attached hydrogen (secondary N) is 4. The standard InChI is InChI=1S/2C29H32Cl2N4O3/c2*1-20(36)22-18-25(30)28(26(31)19-22)33-29(38)35-16-14-34(15-17-35)24-12-10-23(11-13-24)32-27(37)9-5-8-21-6-3-2-4-7-21/h2*2-4,6-7,10-13,18-20,36H,5,8-9,14-17H2,1H3,(H,32,37)(H,33,38). The second-order valence-electron chi connectivity index (χ2n) is 18.7. The lowest BCUT2D eigenvalue weighted by molar-refractivity contribution is -0.117. The van der Waals surface area contributed by atoms with Crippen molar-refractivity contribution >= 4 is 104 Å². The molecule has 6 aromatic carbocycles. The number of carbonyl (C=O) groups is 4. The number of aryl methyl sites for hydroxylation is 2. The first-order valence-electron chi connectivity index (χ1n) is 25.4. The third kappa shape index (κ3) is 16.7. The fourth-order valence-electron chi connectivity index (χ4n) is 8.77. The van der Waals surface area contributed by atoms with Crippen LogP contribution in [0.15, 0.2) is 133 Å². The molecular formula is C58H64Cl4N8O6. The van der Waals surface area contributed by atoms with Gasteiger partial charge in [-0.15, -0.1) is 0 Å². The van der Waals surface area contributed by atoms with Crippen LogP contribution in [0.1, 0.15) is 74.0 Å². The molecule has 76 heavy (non-hydrogen) atoms. The van der Waals surface area contributed by atoms with Gasteiger partial charge < -0.3 is 51.1 Å². The van der Waals surface area contributed by atoms with Gasteiger partial charge in [0.05, 0.1) is 43.7 Å². The Bertz CT molecular complexity index is 2640. The first-order chi connectivity index (χ1) is 36.6.